The average molecular weight is 388 g/mol. The molecule has 0 spiro atoms. The van der Waals surface area contributed by atoms with E-state index in [1.807, 2.05) is 30.3 Å². The van der Waals surface area contributed by atoms with E-state index in [0.717, 1.165) is 47.8 Å². The van der Waals surface area contributed by atoms with E-state index in [2.05, 4.69) is 30.6 Å². The van der Waals surface area contributed by atoms with Crippen molar-refractivity contribution in [3.05, 3.63) is 66.7 Å². The molecule has 1 saturated carbocycles. The molecule has 2 atom stereocenters. The highest BCUT2D eigenvalue weighted by Crippen LogP contribution is 2.27. The lowest BCUT2D eigenvalue weighted by Gasteiger charge is -2.15. The third kappa shape index (κ3) is 3.76. The topological polar surface area (TPSA) is 78.5 Å². The zero-order chi connectivity index (χ0) is 19.6. The standard InChI is InChI=1S/C22H21FN6/c23-18-5-2-1-4-17(18)14-7-10-20(25-13-14)26-15-8-9-16(12-15)27-22-28-19-6-3-11-24-21(19)29-22/h1-7,10-11,13,15-16H,8-9,12H2,(H,25,26)(H2,24,27,28,29). The smallest absolute Gasteiger partial charge is 0.202 e. The van der Waals surface area contributed by atoms with E-state index in [9.17, 15) is 4.39 Å². The number of anilines is 2. The van der Waals surface area contributed by atoms with Crippen LogP contribution < -0.4 is 10.6 Å². The molecule has 2 unspecified atom stereocenters. The lowest BCUT2D eigenvalue weighted by atomic mass is 10.1. The Morgan fingerprint density at radius 1 is 0.931 bits per heavy atom. The van der Waals surface area contributed by atoms with E-state index in [4.69, 9.17) is 0 Å². The molecule has 7 heteroatoms. The molecule has 4 aromatic rings. The van der Waals surface area contributed by atoms with E-state index < -0.39 is 0 Å². The maximum Gasteiger partial charge on any atom is 0.202 e. The van der Waals surface area contributed by atoms with Crippen molar-refractivity contribution in [3.8, 4) is 11.1 Å². The Balaban J connectivity index is 1.20. The molecule has 1 aliphatic carbocycles. The van der Waals surface area contributed by atoms with Crippen LogP contribution in [0.5, 0.6) is 0 Å². The van der Waals surface area contributed by atoms with Gasteiger partial charge in [0.25, 0.3) is 0 Å². The van der Waals surface area contributed by atoms with Gasteiger partial charge in [0.15, 0.2) is 5.65 Å². The van der Waals surface area contributed by atoms with Crippen molar-refractivity contribution < 1.29 is 4.39 Å². The summed E-state index contributed by atoms with van der Waals surface area (Å²) in [5, 5.41) is 6.96. The van der Waals surface area contributed by atoms with Gasteiger partial charge in [-0.05, 0) is 49.6 Å². The first-order valence-electron chi connectivity index (χ1n) is 9.79. The Bertz CT molecular complexity index is 1090. The molecule has 3 N–H and O–H groups in total. The summed E-state index contributed by atoms with van der Waals surface area (Å²) in [4.78, 5) is 16.5. The highest BCUT2D eigenvalue weighted by atomic mass is 19.1. The van der Waals surface area contributed by atoms with Gasteiger partial charge in [0, 0.05) is 35.6 Å². The maximum atomic E-state index is 13.9. The normalized spacial score (nSPS) is 18.8. The van der Waals surface area contributed by atoms with Crippen LogP contribution in [0.4, 0.5) is 16.2 Å². The Morgan fingerprint density at radius 2 is 1.79 bits per heavy atom. The van der Waals surface area contributed by atoms with Crippen molar-refractivity contribution in [2.24, 2.45) is 0 Å². The number of aromatic amines is 1. The number of H-pyrrole nitrogens is 1. The number of fused-ring (bicyclic) bond motifs is 1. The molecule has 146 valence electrons. The summed E-state index contributed by atoms with van der Waals surface area (Å²) < 4.78 is 13.9. The van der Waals surface area contributed by atoms with Gasteiger partial charge in [-0.3, -0.25) is 0 Å². The van der Waals surface area contributed by atoms with E-state index >= 15 is 0 Å². The van der Waals surface area contributed by atoms with Crippen molar-refractivity contribution >= 4 is 22.9 Å². The van der Waals surface area contributed by atoms with Crippen LogP contribution >= 0.6 is 0 Å². The summed E-state index contributed by atoms with van der Waals surface area (Å²) in [6.45, 7) is 0. The minimum absolute atomic E-state index is 0.236. The fourth-order valence-corrected chi connectivity index (χ4v) is 3.89. The second-order valence-corrected chi connectivity index (χ2v) is 7.37. The monoisotopic (exact) mass is 388 g/mol. The molecule has 29 heavy (non-hydrogen) atoms. The van der Waals surface area contributed by atoms with Gasteiger partial charge in [0.2, 0.25) is 5.95 Å². The summed E-state index contributed by atoms with van der Waals surface area (Å²) in [5.74, 6) is 1.33. The first-order chi connectivity index (χ1) is 14.2. The number of imidazole rings is 1. The SMILES string of the molecule is Fc1ccccc1-c1ccc(NC2CCC(Nc3nc4ncccc4[nH]3)C2)nc1. The fraction of sp³-hybridized carbons (Fsp3) is 0.227. The van der Waals surface area contributed by atoms with Crippen molar-refractivity contribution in [2.75, 3.05) is 10.6 Å². The van der Waals surface area contributed by atoms with Gasteiger partial charge in [-0.2, -0.15) is 4.98 Å². The molecule has 0 bridgehead atoms. The molecule has 0 aliphatic heterocycles. The van der Waals surface area contributed by atoms with Gasteiger partial charge >= 0.3 is 0 Å². The van der Waals surface area contributed by atoms with Crippen LogP contribution in [-0.2, 0) is 0 Å². The quantitative estimate of drug-likeness (QED) is 0.466. The molecule has 0 amide bonds. The molecule has 5 rings (SSSR count). The largest absolute Gasteiger partial charge is 0.367 e. The number of rotatable bonds is 5. The number of nitrogens with one attached hydrogen (secondary N) is 3. The predicted octanol–water partition coefficient (Wildman–Crippen LogP) is 4.60. The van der Waals surface area contributed by atoms with E-state index in [-0.39, 0.29) is 5.82 Å². The lowest BCUT2D eigenvalue weighted by molar-refractivity contribution is 0.631. The van der Waals surface area contributed by atoms with E-state index in [1.54, 1.807) is 24.5 Å². The average Bonchev–Trinajstić information content (AvgIpc) is 3.35. The second kappa shape index (κ2) is 7.50. The zero-order valence-electron chi connectivity index (χ0n) is 15.8. The van der Waals surface area contributed by atoms with Crippen LogP contribution in [0, 0.1) is 5.82 Å². The first kappa shape index (κ1) is 17.6. The zero-order valence-corrected chi connectivity index (χ0v) is 15.8. The molecular weight excluding hydrogens is 367 g/mol. The first-order valence-corrected chi connectivity index (χ1v) is 9.79. The minimum atomic E-state index is -0.236. The van der Waals surface area contributed by atoms with Gasteiger partial charge in [0.05, 0.1) is 5.52 Å². The molecule has 3 aromatic heterocycles. The molecular formula is C22H21FN6. The highest BCUT2D eigenvalue weighted by molar-refractivity contribution is 5.72. The third-order valence-electron chi connectivity index (χ3n) is 5.33. The van der Waals surface area contributed by atoms with Crippen LogP contribution in [0.2, 0.25) is 0 Å². The van der Waals surface area contributed by atoms with Crippen LogP contribution in [0.1, 0.15) is 19.3 Å². The molecule has 1 fully saturated rings. The summed E-state index contributed by atoms with van der Waals surface area (Å²) in [5.41, 5.74) is 3.00. The second-order valence-electron chi connectivity index (χ2n) is 7.37. The van der Waals surface area contributed by atoms with Crippen LogP contribution in [0.3, 0.4) is 0 Å². The van der Waals surface area contributed by atoms with Crippen molar-refractivity contribution in [3.63, 3.8) is 0 Å². The number of hydrogen-bond acceptors (Lipinski definition) is 5. The highest BCUT2D eigenvalue weighted by Gasteiger charge is 2.25. The molecule has 6 nitrogen and oxygen atoms in total. The molecule has 0 radical (unpaired) electrons. The van der Waals surface area contributed by atoms with Crippen molar-refractivity contribution in [1.82, 2.24) is 19.9 Å². The molecule has 0 saturated heterocycles. The van der Waals surface area contributed by atoms with Gasteiger partial charge in [-0.1, -0.05) is 18.2 Å². The van der Waals surface area contributed by atoms with Crippen molar-refractivity contribution in [2.45, 2.75) is 31.3 Å². The molecule has 1 aromatic carbocycles. The fourth-order valence-electron chi connectivity index (χ4n) is 3.89. The van der Waals surface area contributed by atoms with Crippen LogP contribution in [0.15, 0.2) is 60.9 Å². The Kier molecular flexibility index (Phi) is 4.56. The Morgan fingerprint density at radius 3 is 2.59 bits per heavy atom. The number of halogens is 1. The van der Waals surface area contributed by atoms with E-state index in [1.165, 1.54) is 6.07 Å². The number of aromatic nitrogens is 4. The lowest BCUT2D eigenvalue weighted by Crippen LogP contribution is -2.21. The number of pyridine rings is 2. The summed E-state index contributed by atoms with van der Waals surface area (Å²) in [7, 11) is 0. The molecule has 3 heterocycles. The maximum absolute atomic E-state index is 13.9. The van der Waals surface area contributed by atoms with E-state index in [0.29, 0.717) is 17.6 Å². The number of benzene rings is 1. The number of hydrogen-bond donors (Lipinski definition) is 3. The minimum Gasteiger partial charge on any atom is -0.367 e. The number of nitrogens with zero attached hydrogens (tertiary/aromatic N) is 3. The predicted molar refractivity (Wildman–Crippen MR) is 112 cm³/mol. The van der Waals surface area contributed by atoms with Crippen molar-refractivity contribution in [1.29, 1.82) is 0 Å². The molecule has 1 aliphatic rings. The Labute approximate surface area is 167 Å². The van der Waals surface area contributed by atoms with Crippen LogP contribution in [0.25, 0.3) is 22.3 Å². The summed E-state index contributed by atoms with van der Waals surface area (Å²) in [6.07, 6.45) is 6.53. The summed E-state index contributed by atoms with van der Waals surface area (Å²) >= 11 is 0. The van der Waals surface area contributed by atoms with Crippen LogP contribution in [-0.4, -0.2) is 32.0 Å². The summed E-state index contributed by atoms with van der Waals surface area (Å²) in [6, 6.07) is 15.1. The van der Waals surface area contributed by atoms with Gasteiger partial charge in [0.1, 0.15) is 11.6 Å². The Hall–Kier alpha value is -3.48. The third-order valence-corrected chi connectivity index (χ3v) is 5.33. The van der Waals surface area contributed by atoms with Gasteiger partial charge in [-0.25, -0.2) is 14.4 Å². The van der Waals surface area contributed by atoms with Gasteiger partial charge in [-0.15, -0.1) is 0 Å². The van der Waals surface area contributed by atoms with Gasteiger partial charge < -0.3 is 15.6 Å².